The van der Waals surface area contributed by atoms with Crippen LogP contribution in [0.5, 0.6) is 5.75 Å². The lowest BCUT2D eigenvalue weighted by atomic mass is 10.2. The van der Waals surface area contributed by atoms with Crippen molar-refractivity contribution in [1.82, 2.24) is 5.43 Å². The summed E-state index contributed by atoms with van der Waals surface area (Å²) >= 11 is 0. The molecule has 4 heteroatoms. The molecule has 0 radical (unpaired) electrons. The molecule has 4 nitrogen and oxygen atoms in total. The van der Waals surface area contributed by atoms with Gasteiger partial charge >= 0.3 is 0 Å². The van der Waals surface area contributed by atoms with Crippen molar-refractivity contribution in [3.63, 3.8) is 0 Å². The Labute approximate surface area is 76.5 Å². The van der Waals surface area contributed by atoms with Gasteiger partial charge in [0.25, 0.3) is 0 Å². The number of hydrogen-bond donors (Lipinski definition) is 3. The number of nitrogens with zero attached hydrogens (tertiary/aromatic N) is 1. The lowest BCUT2D eigenvalue weighted by Gasteiger charge is -1.97. The van der Waals surface area contributed by atoms with Gasteiger partial charge in [-0.3, -0.25) is 0 Å². The minimum absolute atomic E-state index is 0.0398. The van der Waals surface area contributed by atoms with Gasteiger partial charge in [-0.15, -0.1) is 0 Å². The van der Waals surface area contributed by atoms with Crippen LogP contribution in [0.3, 0.4) is 0 Å². The van der Waals surface area contributed by atoms with Crippen LogP contribution in [0.2, 0.25) is 0 Å². The van der Waals surface area contributed by atoms with E-state index in [1.54, 1.807) is 18.2 Å². The zero-order valence-corrected chi connectivity index (χ0v) is 7.14. The molecule has 0 aliphatic rings. The van der Waals surface area contributed by atoms with E-state index in [1.165, 1.54) is 6.21 Å². The molecular formula is C9H12N2O2. The first-order valence-electron chi connectivity index (χ1n) is 3.99. The summed E-state index contributed by atoms with van der Waals surface area (Å²) in [5.41, 5.74) is 3.27. The molecule has 0 aliphatic heterocycles. The lowest BCUT2D eigenvalue weighted by molar-refractivity contribution is 0.294. The molecule has 0 aromatic heterocycles. The summed E-state index contributed by atoms with van der Waals surface area (Å²) in [4.78, 5) is 0. The number of benzene rings is 1. The maximum Gasteiger partial charge on any atom is 0.124 e. The highest BCUT2D eigenvalue weighted by Gasteiger charge is 1.93. The topological polar surface area (TPSA) is 64.8 Å². The van der Waals surface area contributed by atoms with Crippen LogP contribution in [0.15, 0.2) is 29.4 Å². The van der Waals surface area contributed by atoms with E-state index in [0.717, 1.165) is 0 Å². The first-order valence-corrected chi connectivity index (χ1v) is 3.99. The SMILES string of the molecule is OCCNN=Cc1ccccc1O. The fourth-order valence-electron chi connectivity index (χ4n) is 0.826. The van der Waals surface area contributed by atoms with Crippen molar-refractivity contribution in [2.75, 3.05) is 13.2 Å². The number of aromatic hydroxyl groups is 1. The highest BCUT2D eigenvalue weighted by Crippen LogP contribution is 2.12. The molecule has 0 heterocycles. The third-order valence-electron chi connectivity index (χ3n) is 1.46. The van der Waals surface area contributed by atoms with Crippen molar-refractivity contribution >= 4 is 6.21 Å². The van der Waals surface area contributed by atoms with Gasteiger partial charge in [0.05, 0.1) is 19.4 Å². The molecule has 1 aromatic carbocycles. The highest BCUT2D eigenvalue weighted by atomic mass is 16.3. The van der Waals surface area contributed by atoms with E-state index in [2.05, 4.69) is 10.5 Å². The Hall–Kier alpha value is -1.55. The molecule has 0 amide bonds. The number of aliphatic hydroxyl groups is 1. The Morgan fingerprint density at radius 1 is 1.38 bits per heavy atom. The van der Waals surface area contributed by atoms with Crippen molar-refractivity contribution in [1.29, 1.82) is 0 Å². The van der Waals surface area contributed by atoms with Crippen LogP contribution in [-0.2, 0) is 0 Å². The molecule has 0 fully saturated rings. The van der Waals surface area contributed by atoms with E-state index >= 15 is 0 Å². The predicted molar refractivity (Wildman–Crippen MR) is 50.8 cm³/mol. The van der Waals surface area contributed by atoms with Gasteiger partial charge in [-0.25, -0.2) is 0 Å². The van der Waals surface area contributed by atoms with E-state index < -0.39 is 0 Å². The van der Waals surface area contributed by atoms with Crippen LogP contribution in [0, 0.1) is 0 Å². The van der Waals surface area contributed by atoms with Crippen molar-refractivity contribution in [2.45, 2.75) is 0 Å². The van der Waals surface area contributed by atoms with E-state index in [0.29, 0.717) is 12.1 Å². The number of nitrogens with one attached hydrogen (secondary N) is 1. The predicted octanol–water partition coefficient (Wildman–Crippen LogP) is 0.308. The Bertz CT molecular complexity index is 287. The third-order valence-corrected chi connectivity index (χ3v) is 1.46. The van der Waals surface area contributed by atoms with Crippen molar-refractivity contribution in [3.8, 4) is 5.75 Å². The Balaban J connectivity index is 2.53. The molecule has 1 aromatic rings. The molecule has 70 valence electrons. The summed E-state index contributed by atoms with van der Waals surface area (Å²) in [6.07, 6.45) is 1.50. The second-order valence-corrected chi connectivity index (χ2v) is 2.45. The van der Waals surface area contributed by atoms with Crippen LogP contribution in [0.4, 0.5) is 0 Å². The van der Waals surface area contributed by atoms with Crippen molar-refractivity contribution in [3.05, 3.63) is 29.8 Å². The smallest absolute Gasteiger partial charge is 0.124 e. The van der Waals surface area contributed by atoms with Gasteiger partial charge in [-0.05, 0) is 12.1 Å². The van der Waals surface area contributed by atoms with Gasteiger partial charge < -0.3 is 15.6 Å². The largest absolute Gasteiger partial charge is 0.507 e. The summed E-state index contributed by atoms with van der Waals surface area (Å²) in [5, 5.41) is 21.5. The second kappa shape index (κ2) is 5.16. The van der Waals surface area contributed by atoms with E-state index in [4.69, 9.17) is 5.11 Å². The molecule has 0 saturated heterocycles. The molecule has 0 saturated carbocycles. The van der Waals surface area contributed by atoms with Crippen LogP contribution in [0.25, 0.3) is 0 Å². The first kappa shape index (κ1) is 9.54. The fraction of sp³-hybridized carbons (Fsp3) is 0.222. The zero-order chi connectivity index (χ0) is 9.52. The van der Waals surface area contributed by atoms with Crippen molar-refractivity contribution in [2.24, 2.45) is 5.10 Å². The fourth-order valence-corrected chi connectivity index (χ4v) is 0.826. The quantitative estimate of drug-likeness (QED) is 0.355. The van der Waals surface area contributed by atoms with E-state index in [1.807, 2.05) is 6.07 Å². The number of para-hydroxylation sites is 1. The molecule has 13 heavy (non-hydrogen) atoms. The summed E-state index contributed by atoms with van der Waals surface area (Å²) < 4.78 is 0. The van der Waals surface area contributed by atoms with Gasteiger partial charge in [-0.2, -0.15) is 5.10 Å². The maximum absolute atomic E-state index is 9.30. The molecule has 3 N–H and O–H groups in total. The molecule has 0 unspecified atom stereocenters. The minimum Gasteiger partial charge on any atom is -0.507 e. The second-order valence-electron chi connectivity index (χ2n) is 2.45. The van der Waals surface area contributed by atoms with Crippen molar-refractivity contribution < 1.29 is 10.2 Å². The maximum atomic E-state index is 9.30. The standard InChI is InChI=1S/C9H12N2O2/c12-6-5-10-11-7-8-3-1-2-4-9(8)13/h1-4,7,10,12-13H,5-6H2. The number of hydrogen-bond acceptors (Lipinski definition) is 4. The number of aliphatic hydroxyl groups excluding tert-OH is 1. The van der Waals surface area contributed by atoms with Gasteiger partial charge in [0.2, 0.25) is 0 Å². The summed E-state index contributed by atoms with van der Waals surface area (Å²) in [5.74, 6) is 0.192. The third kappa shape index (κ3) is 3.13. The number of hydrazone groups is 1. The Morgan fingerprint density at radius 2 is 2.15 bits per heavy atom. The molecule has 0 spiro atoms. The minimum atomic E-state index is 0.0398. The summed E-state index contributed by atoms with van der Waals surface area (Å²) in [7, 11) is 0. The van der Waals surface area contributed by atoms with E-state index in [-0.39, 0.29) is 12.4 Å². The summed E-state index contributed by atoms with van der Waals surface area (Å²) in [6.45, 7) is 0.447. The van der Waals surface area contributed by atoms with Crippen LogP contribution >= 0.6 is 0 Å². The van der Waals surface area contributed by atoms with Gasteiger partial charge in [-0.1, -0.05) is 12.1 Å². The average Bonchev–Trinajstić information content (AvgIpc) is 2.15. The number of phenolic OH excluding ortho intramolecular Hbond substituents is 1. The zero-order valence-electron chi connectivity index (χ0n) is 7.14. The Kier molecular flexibility index (Phi) is 3.78. The average molecular weight is 180 g/mol. The molecular weight excluding hydrogens is 168 g/mol. The number of phenols is 1. The van der Waals surface area contributed by atoms with Crippen LogP contribution in [-0.4, -0.2) is 29.6 Å². The van der Waals surface area contributed by atoms with Gasteiger partial charge in [0.1, 0.15) is 5.75 Å². The van der Waals surface area contributed by atoms with Gasteiger partial charge in [0.15, 0.2) is 0 Å². The van der Waals surface area contributed by atoms with E-state index in [9.17, 15) is 5.11 Å². The monoisotopic (exact) mass is 180 g/mol. The highest BCUT2D eigenvalue weighted by molar-refractivity contribution is 5.82. The summed E-state index contributed by atoms with van der Waals surface area (Å²) in [6, 6.07) is 6.90. The first-order chi connectivity index (χ1) is 6.34. The van der Waals surface area contributed by atoms with Crippen LogP contribution < -0.4 is 5.43 Å². The van der Waals surface area contributed by atoms with Crippen LogP contribution in [0.1, 0.15) is 5.56 Å². The lowest BCUT2D eigenvalue weighted by Crippen LogP contribution is -2.11. The van der Waals surface area contributed by atoms with Gasteiger partial charge in [0, 0.05) is 5.56 Å². The molecule has 0 atom stereocenters. The molecule has 0 aliphatic carbocycles. The normalized spacial score (nSPS) is 10.5. The molecule has 1 rings (SSSR count). The number of rotatable bonds is 4. The Morgan fingerprint density at radius 3 is 2.85 bits per heavy atom. The molecule has 0 bridgehead atoms.